The zero-order valence-electron chi connectivity index (χ0n) is 22.7. The molecule has 0 saturated carbocycles. The second-order valence-corrected chi connectivity index (χ2v) is 12.1. The quantitative estimate of drug-likeness (QED) is 0.0863. The van der Waals surface area contributed by atoms with E-state index in [1.807, 2.05) is 18.2 Å². The van der Waals surface area contributed by atoms with Crippen LogP contribution in [0.25, 0.3) is 33.5 Å². The molecular weight excluding hydrogens is 764 g/mol. The van der Waals surface area contributed by atoms with Crippen molar-refractivity contribution in [1.82, 2.24) is 9.66 Å². The van der Waals surface area contributed by atoms with Gasteiger partial charge in [0, 0.05) is 26.1 Å². The number of halogens is 3. The molecule has 0 radical (unpaired) electrons. The average molecular weight is 783 g/mol. The van der Waals surface area contributed by atoms with Gasteiger partial charge in [0.05, 0.1) is 39.0 Å². The molecule has 0 fully saturated rings. The van der Waals surface area contributed by atoms with Crippen LogP contribution in [-0.2, 0) is 6.61 Å². The zero-order chi connectivity index (χ0) is 31.0. The van der Waals surface area contributed by atoms with Crippen molar-refractivity contribution < 1.29 is 18.8 Å². The summed E-state index contributed by atoms with van der Waals surface area (Å²) in [6, 6.07) is 22.5. The van der Waals surface area contributed by atoms with Crippen molar-refractivity contribution in [3.05, 3.63) is 124 Å². The number of hydrogen-bond acceptors (Lipinski definition) is 8. The fraction of sp³-hybridized carbons (Fsp3) is 0.0645. The van der Waals surface area contributed by atoms with E-state index in [0.717, 1.165) is 19.2 Å². The van der Waals surface area contributed by atoms with E-state index < -0.39 is 10.5 Å². The summed E-state index contributed by atoms with van der Waals surface area (Å²) in [5.74, 6) is 1.10. The van der Waals surface area contributed by atoms with Crippen LogP contribution in [0, 0.1) is 10.1 Å². The molecule has 220 valence electrons. The minimum atomic E-state index is -0.537. The number of rotatable bonds is 8. The summed E-state index contributed by atoms with van der Waals surface area (Å²) in [4.78, 5) is 29.8. The van der Waals surface area contributed by atoms with Crippen LogP contribution >= 0.6 is 47.8 Å². The fourth-order valence-corrected chi connectivity index (χ4v) is 6.32. The number of nitro benzene ring substituents is 1. The number of hydrogen-bond donors (Lipinski definition) is 0. The number of fused-ring (bicyclic) bond motifs is 2. The van der Waals surface area contributed by atoms with E-state index in [2.05, 4.69) is 57.9 Å². The number of nitrogens with zero attached hydrogens (tertiary/aromatic N) is 4. The molecule has 0 spiro atoms. The Morgan fingerprint density at radius 3 is 2.59 bits per heavy atom. The number of aromatic nitrogens is 2. The lowest BCUT2D eigenvalue weighted by Gasteiger charge is -2.11. The number of nitro groups is 1. The van der Waals surface area contributed by atoms with Gasteiger partial charge in [-0.2, -0.15) is 9.78 Å². The molecule has 10 nitrogen and oxygen atoms in total. The molecule has 2 heterocycles. The van der Waals surface area contributed by atoms with Gasteiger partial charge in [-0.25, -0.2) is 4.98 Å². The summed E-state index contributed by atoms with van der Waals surface area (Å²) in [6.45, 7) is 0.0878. The summed E-state index contributed by atoms with van der Waals surface area (Å²) in [7, 11) is 1.56. The van der Waals surface area contributed by atoms with Crippen LogP contribution in [0.3, 0.4) is 0 Å². The molecular formula is C31H19Br3N4O6. The lowest BCUT2D eigenvalue weighted by atomic mass is 10.2. The number of para-hydroxylation sites is 1. The van der Waals surface area contributed by atoms with Gasteiger partial charge < -0.3 is 13.9 Å². The maximum Gasteiger partial charge on any atom is 0.312 e. The standard InChI is InChI=1S/C31H19Br3N4O6/c1-42-26-7-4-8-27-21(26)14-28(44-27)30-36-24-6-3-2-5-20(24)31(39)37(30)35-15-17-11-23(34)29(25(12-17)38(40)41)43-16-18-9-10-19(32)13-22(18)33/h2-15H,16H2,1H3. The maximum absolute atomic E-state index is 13.6. The average Bonchev–Trinajstić information content (AvgIpc) is 3.45. The monoisotopic (exact) mass is 780 g/mol. The smallest absolute Gasteiger partial charge is 0.312 e. The SMILES string of the molecule is COc1cccc2oc(-c3nc4ccccc4c(=O)n3N=Cc3cc(Br)c(OCc4ccc(Br)cc4Br)c([N+](=O)[O-])c3)cc12. The summed E-state index contributed by atoms with van der Waals surface area (Å²) in [5.41, 5.74) is 1.44. The molecule has 6 rings (SSSR count). The molecule has 0 aliphatic carbocycles. The molecule has 0 aliphatic heterocycles. The van der Waals surface area contributed by atoms with Crippen molar-refractivity contribution >= 4 is 81.6 Å². The van der Waals surface area contributed by atoms with Crippen molar-refractivity contribution in [3.8, 4) is 23.1 Å². The second-order valence-electron chi connectivity index (χ2n) is 9.43. The van der Waals surface area contributed by atoms with Gasteiger partial charge >= 0.3 is 5.69 Å². The van der Waals surface area contributed by atoms with E-state index in [4.69, 9.17) is 13.9 Å². The topological polar surface area (TPSA) is 122 Å². The maximum atomic E-state index is 13.6. The lowest BCUT2D eigenvalue weighted by molar-refractivity contribution is -0.386. The fourth-order valence-electron chi connectivity index (χ4n) is 4.58. The molecule has 2 aromatic heterocycles. The van der Waals surface area contributed by atoms with Crippen molar-refractivity contribution in [2.24, 2.45) is 5.10 Å². The Kier molecular flexibility index (Phi) is 8.34. The highest BCUT2D eigenvalue weighted by molar-refractivity contribution is 9.11. The molecule has 0 atom stereocenters. The van der Waals surface area contributed by atoms with Gasteiger partial charge in [-0.15, -0.1) is 0 Å². The van der Waals surface area contributed by atoms with E-state index in [9.17, 15) is 14.9 Å². The van der Waals surface area contributed by atoms with E-state index in [-0.39, 0.29) is 23.9 Å². The molecule has 6 aromatic rings. The van der Waals surface area contributed by atoms with Gasteiger partial charge in [-0.05, 0) is 64.5 Å². The second kappa shape index (κ2) is 12.3. The summed E-state index contributed by atoms with van der Waals surface area (Å²) in [5, 5.41) is 17.5. The minimum absolute atomic E-state index is 0.0587. The van der Waals surface area contributed by atoms with Gasteiger partial charge in [-0.3, -0.25) is 14.9 Å². The highest BCUT2D eigenvalue weighted by atomic mass is 79.9. The molecule has 0 aliphatic rings. The summed E-state index contributed by atoms with van der Waals surface area (Å²) < 4.78 is 20.5. The van der Waals surface area contributed by atoms with Gasteiger partial charge in [-0.1, -0.05) is 56.1 Å². The highest BCUT2D eigenvalue weighted by Crippen LogP contribution is 2.37. The number of furan rings is 1. The minimum Gasteiger partial charge on any atom is -0.496 e. The van der Waals surface area contributed by atoms with Crippen molar-refractivity contribution in [3.63, 3.8) is 0 Å². The first-order chi connectivity index (χ1) is 21.2. The van der Waals surface area contributed by atoms with Crippen molar-refractivity contribution in [1.29, 1.82) is 0 Å². The number of benzene rings is 4. The zero-order valence-corrected chi connectivity index (χ0v) is 27.4. The van der Waals surface area contributed by atoms with Crippen LogP contribution in [0.1, 0.15) is 11.1 Å². The van der Waals surface area contributed by atoms with Gasteiger partial charge in [0.15, 0.2) is 5.76 Å². The first-order valence-corrected chi connectivity index (χ1v) is 15.3. The molecule has 0 bridgehead atoms. The van der Waals surface area contributed by atoms with Crippen LogP contribution in [0.15, 0.2) is 107 Å². The Bertz CT molecular complexity index is 2180. The summed E-state index contributed by atoms with van der Waals surface area (Å²) >= 11 is 10.3. The molecule has 4 aromatic carbocycles. The Morgan fingerprint density at radius 2 is 1.82 bits per heavy atom. The molecule has 0 unspecified atom stereocenters. The van der Waals surface area contributed by atoms with E-state index in [1.165, 1.54) is 12.3 Å². The van der Waals surface area contributed by atoms with E-state index in [1.54, 1.807) is 61.7 Å². The van der Waals surface area contributed by atoms with Gasteiger partial charge in [0.25, 0.3) is 5.56 Å². The van der Waals surface area contributed by atoms with Crippen LogP contribution in [0.2, 0.25) is 0 Å². The molecule has 44 heavy (non-hydrogen) atoms. The van der Waals surface area contributed by atoms with E-state index >= 15 is 0 Å². The van der Waals surface area contributed by atoms with E-state index in [0.29, 0.717) is 43.4 Å². The van der Waals surface area contributed by atoms with Crippen LogP contribution in [0.4, 0.5) is 5.69 Å². The summed E-state index contributed by atoms with van der Waals surface area (Å²) in [6.07, 6.45) is 1.34. The normalized spacial score (nSPS) is 11.5. The van der Waals surface area contributed by atoms with Gasteiger partial charge in [0.2, 0.25) is 11.6 Å². The predicted octanol–water partition coefficient (Wildman–Crippen LogP) is 8.48. The van der Waals surface area contributed by atoms with Crippen LogP contribution < -0.4 is 15.0 Å². The van der Waals surface area contributed by atoms with Crippen LogP contribution in [0.5, 0.6) is 11.5 Å². The molecule has 13 heteroatoms. The Hall–Kier alpha value is -4.33. The van der Waals surface area contributed by atoms with Crippen molar-refractivity contribution in [2.45, 2.75) is 6.61 Å². The van der Waals surface area contributed by atoms with Gasteiger partial charge in [0.1, 0.15) is 17.9 Å². The Morgan fingerprint density at radius 1 is 1.00 bits per heavy atom. The first kappa shape index (κ1) is 29.7. The Balaban J connectivity index is 1.42. The largest absolute Gasteiger partial charge is 0.496 e. The third-order valence-electron chi connectivity index (χ3n) is 6.67. The first-order valence-electron chi connectivity index (χ1n) is 12.9. The molecule has 0 saturated heterocycles. The molecule has 0 N–H and O–H groups in total. The highest BCUT2D eigenvalue weighted by Gasteiger charge is 2.22. The van der Waals surface area contributed by atoms with Crippen molar-refractivity contribution in [2.75, 3.05) is 7.11 Å². The Labute approximate surface area is 274 Å². The number of ether oxygens (including phenoxy) is 2. The number of methoxy groups -OCH3 is 1. The predicted molar refractivity (Wildman–Crippen MR) is 178 cm³/mol. The third-order valence-corrected chi connectivity index (χ3v) is 8.49. The third kappa shape index (κ3) is 5.77. The van der Waals surface area contributed by atoms with Crippen LogP contribution in [-0.4, -0.2) is 27.9 Å². The lowest BCUT2D eigenvalue weighted by Crippen LogP contribution is -2.20. The molecule has 0 amide bonds.